The molecule has 7 heteroatoms. The lowest BCUT2D eigenvalue weighted by Gasteiger charge is -2.22. The predicted molar refractivity (Wildman–Crippen MR) is 85.2 cm³/mol. The summed E-state index contributed by atoms with van der Waals surface area (Å²) in [5.41, 5.74) is 0.604. The van der Waals surface area contributed by atoms with Crippen molar-refractivity contribution in [3.63, 3.8) is 0 Å². The molecule has 22 heavy (non-hydrogen) atoms. The van der Waals surface area contributed by atoms with Crippen LogP contribution in [-0.2, 0) is 14.3 Å². The van der Waals surface area contributed by atoms with E-state index in [-0.39, 0.29) is 25.0 Å². The lowest BCUT2D eigenvalue weighted by Crippen LogP contribution is -2.37. The van der Waals surface area contributed by atoms with E-state index in [9.17, 15) is 9.59 Å². The maximum atomic E-state index is 12.3. The quantitative estimate of drug-likeness (QED) is 0.588. The number of ether oxygens (including phenoxy) is 2. The molecule has 0 fully saturated rings. The maximum absolute atomic E-state index is 12.3. The Morgan fingerprint density at radius 3 is 2.68 bits per heavy atom. The van der Waals surface area contributed by atoms with Crippen molar-refractivity contribution in [1.29, 1.82) is 0 Å². The Kier molecular flexibility index (Phi) is 8.32. The first-order valence-electron chi connectivity index (χ1n) is 6.94. The largest absolute Gasteiger partial charge is 0.469 e. The van der Waals surface area contributed by atoms with E-state index >= 15 is 0 Å². The Morgan fingerprint density at radius 1 is 1.27 bits per heavy atom. The highest BCUT2D eigenvalue weighted by Crippen LogP contribution is 2.15. The van der Waals surface area contributed by atoms with Gasteiger partial charge in [0.1, 0.15) is 0 Å². The van der Waals surface area contributed by atoms with Crippen LogP contribution < -0.4 is 5.32 Å². The number of benzene rings is 1. The third kappa shape index (κ3) is 6.78. The summed E-state index contributed by atoms with van der Waals surface area (Å²) < 4.78 is 9.59. The molecule has 0 bridgehead atoms. The topological polar surface area (TPSA) is 67.9 Å². The van der Waals surface area contributed by atoms with Crippen LogP contribution in [0.3, 0.4) is 0 Å². The summed E-state index contributed by atoms with van der Waals surface area (Å²) in [4.78, 5) is 25.1. The van der Waals surface area contributed by atoms with E-state index in [2.05, 4.69) is 10.1 Å². The number of amides is 2. The fraction of sp³-hybridized carbons (Fsp3) is 0.467. The minimum atomic E-state index is -0.354. The number of carbonyl (C=O) groups is 2. The fourth-order valence-electron chi connectivity index (χ4n) is 1.81. The lowest BCUT2D eigenvalue weighted by atomic mass is 10.3. The van der Waals surface area contributed by atoms with Gasteiger partial charge in [0.25, 0.3) is 0 Å². The third-order valence-electron chi connectivity index (χ3n) is 2.95. The monoisotopic (exact) mass is 328 g/mol. The van der Waals surface area contributed by atoms with Gasteiger partial charge in [-0.25, -0.2) is 4.79 Å². The summed E-state index contributed by atoms with van der Waals surface area (Å²) in [7, 11) is 2.93. The summed E-state index contributed by atoms with van der Waals surface area (Å²) in [6, 6.07) is 6.60. The van der Waals surface area contributed by atoms with E-state index in [0.29, 0.717) is 30.3 Å². The molecule has 0 aliphatic heterocycles. The molecule has 0 unspecified atom stereocenters. The molecular formula is C15H21ClN2O4. The van der Waals surface area contributed by atoms with Gasteiger partial charge in [-0.05, 0) is 24.6 Å². The van der Waals surface area contributed by atoms with Gasteiger partial charge in [0, 0.05) is 37.5 Å². The first-order chi connectivity index (χ1) is 10.6. The zero-order chi connectivity index (χ0) is 16.4. The van der Waals surface area contributed by atoms with Gasteiger partial charge < -0.3 is 19.7 Å². The number of rotatable bonds is 8. The molecule has 1 rings (SSSR count). The molecule has 0 aromatic heterocycles. The molecule has 0 aliphatic rings. The number of carbonyl (C=O) groups excluding carboxylic acids is 2. The van der Waals surface area contributed by atoms with Gasteiger partial charge in [0.2, 0.25) is 0 Å². The Morgan fingerprint density at radius 2 is 2.05 bits per heavy atom. The highest BCUT2D eigenvalue weighted by Gasteiger charge is 2.15. The van der Waals surface area contributed by atoms with Gasteiger partial charge in [0.15, 0.2) is 0 Å². The SMILES string of the molecule is COCCCN(CCC(=O)OC)C(=O)Nc1cccc(Cl)c1. The van der Waals surface area contributed by atoms with Crippen molar-refractivity contribution in [1.82, 2.24) is 4.90 Å². The van der Waals surface area contributed by atoms with Crippen molar-refractivity contribution in [3.05, 3.63) is 29.3 Å². The van der Waals surface area contributed by atoms with Crippen molar-refractivity contribution in [2.45, 2.75) is 12.8 Å². The van der Waals surface area contributed by atoms with Gasteiger partial charge in [-0.15, -0.1) is 0 Å². The van der Waals surface area contributed by atoms with Gasteiger partial charge >= 0.3 is 12.0 Å². The molecule has 6 nitrogen and oxygen atoms in total. The van der Waals surface area contributed by atoms with E-state index in [1.54, 1.807) is 36.3 Å². The second-order valence-electron chi connectivity index (χ2n) is 4.60. The molecule has 0 spiro atoms. The van der Waals surface area contributed by atoms with E-state index in [1.807, 2.05) is 0 Å². The number of urea groups is 1. The molecule has 1 aromatic rings. The van der Waals surface area contributed by atoms with Crippen LogP contribution in [-0.4, -0.2) is 50.8 Å². The van der Waals surface area contributed by atoms with Crippen LogP contribution in [0.1, 0.15) is 12.8 Å². The van der Waals surface area contributed by atoms with Crippen LogP contribution >= 0.6 is 11.6 Å². The van der Waals surface area contributed by atoms with Crippen molar-refractivity contribution >= 4 is 29.3 Å². The fourth-order valence-corrected chi connectivity index (χ4v) is 2.00. The lowest BCUT2D eigenvalue weighted by molar-refractivity contribution is -0.140. The number of methoxy groups -OCH3 is 2. The molecule has 2 amide bonds. The highest BCUT2D eigenvalue weighted by atomic mass is 35.5. The van der Waals surface area contributed by atoms with Gasteiger partial charge in [-0.2, -0.15) is 0 Å². The molecule has 0 atom stereocenters. The number of esters is 1. The van der Waals surface area contributed by atoms with Crippen LogP contribution in [0.15, 0.2) is 24.3 Å². The second-order valence-corrected chi connectivity index (χ2v) is 5.04. The third-order valence-corrected chi connectivity index (χ3v) is 3.19. The average molecular weight is 329 g/mol. The van der Waals surface area contributed by atoms with Crippen molar-refractivity contribution in [2.75, 3.05) is 39.2 Å². The van der Waals surface area contributed by atoms with E-state index in [1.165, 1.54) is 7.11 Å². The normalized spacial score (nSPS) is 10.1. The Labute approximate surface area is 135 Å². The van der Waals surface area contributed by atoms with Crippen LogP contribution in [0, 0.1) is 0 Å². The zero-order valence-electron chi connectivity index (χ0n) is 12.8. The zero-order valence-corrected chi connectivity index (χ0v) is 13.6. The van der Waals surface area contributed by atoms with Gasteiger partial charge in [-0.1, -0.05) is 17.7 Å². The van der Waals surface area contributed by atoms with Crippen molar-refractivity contribution < 1.29 is 19.1 Å². The molecule has 1 N–H and O–H groups in total. The van der Waals surface area contributed by atoms with Crippen LogP contribution in [0.5, 0.6) is 0 Å². The first kappa shape index (κ1) is 18.3. The summed E-state index contributed by atoms with van der Waals surface area (Å²) in [5.74, 6) is -0.354. The highest BCUT2D eigenvalue weighted by molar-refractivity contribution is 6.30. The minimum absolute atomic E-state index is 0.145. The Bertz CT molecular complexity index is 496. The molecule has 0 saturated carbocycles. The molecule has 0 saturated heterocycles. The first-order valence-corrected chi connectivity index (χ1v) is 7.32. The smallest absolute Gasteiger partial charge is 0.321 e. The molecule has 0 aliphatic carbocycles. The van der Waals surface area contributed by atoms with Crippen LogP contribution in [0.25, 0.3) is 0 Å². The molecule has 122 valence electrons. The predicted octanol–water partition coefficient (Wildman–Crippen LogP) is 2.77. The van der Waals surface area contributed by atoms with Gasteiger partial charge in [0.05, 0.1) is 13.5 Å². The Hall–Kier alpha value is -1.79. The van der Waals surface area contributed by atoms with Crippen molar-refractivity contribution in [3.8, 4) is 0 Å². The summed E-state index contributed by atoms with van der Waals surface area (Å²) >= 11 is 5.89. The minimum Gasteiger partial charge on any atom is -0.469 e. The average Bonchev–Trinajstić information content (AvgIpc) is 2.50. The van der Waals surface area contributed by atoms with E-state index < -0.39 is 0 Å². The van der Waals surface area contributed by atoms with Crippen molar-refractivity contribution in [2.24, 2.45) is 0 Å². The standard InChI is InChI=1S/C15H21ClN2O4/c1-21-10-4-8-18(9-7-14(19)22-2)15(20)17-13-6-3-5-12(16)11-13/h3,5-6,11H,4,7-10H2,1-2H3,(H,17,20). The number of nitrogens with one attached hydrogen (secondary N) is 1. The number of hydrogen-bond donors (Lipinski definition) is 1. The van der Waals surface area contributed by atoms with Crippen LogP contribution in [0.4, 0.5) is 10.5 Å². The molecule has 0 radical (unpaired) electrons. The number of nitrogens with zero attached hydrogens (tertiary/aromatic N) is 1. The summed E-state index contributed by atoms with van der Waals surface area (Å²) in [5, 5.41) is 3.30. The second kappa shape index (κ2) is 10.0. The molecular weight excluding hydrogens is 308 g/mol. The molecule has 0 heterocycles. The van der Waals surface area contributed by atoms with E-state index in [4.69, 9.17) is 16.3 Å². The number of anilines is 1. The van der Waals surface area contributed by atoms with E-state index in [0.717, 1.165) is 0 Å². The molecule has 1 aromatic carbocycles. The number of hydrogen-bond acceptors (Lipinski definition) is 4. The van der Waals surface area contributed by atoms with Gasteiger partial charge in [-0.3, -0.25) is 4.79 Å². The summed E-state index contributed by atoms with van der Waals surface area (Å²) in [6.07, 6.45) is 0.826. The maximum Gasteiger partial charge on any atom is 0.321 e. The summed E-state index contributed by atoms with van der Waals surface area (Å²) in [6.45, 7) is 1.30. The Balaban J connectivity index is 2.62. The van der Waals surface area contributed by atoms with Crippen LogP contribution in [0.2, 0.25) is 5.02 Å². The number of halogens is 1.